The molecule has 0 atom stereocenters. The van der Waals surface area contributed by atoms with Crippen LogP contribution in [0.5, 0.6) is 0 Å². The average molecular weight is 297 g/mol. The number of carbonyl (C=O) groups excluding carboxylic acids is 1. The van der Waals surface area contributed by atoms with Crippen molar-refractivity contribution in [3.8, 4) is 0 Å². The van der Waals surface area contributed by atoms with Gasteiger partial charge in [-0.1, -0.05) is 43.2 Å². The van der Waals surface area contributed by atoms with Crippen LogP contribution in [0.25, 0.3) is 0 Å². The maximum Gasteiger partial charge on any atom is 0.269 e. The molecule has 4 heteroatoms. The fourth-order valence-corrected chi connectivity index (χ4v) is 2.04. The van der Waals surface area contributed by atoms with Crippen LogP contribution in [0.3, 0.4) is 0 Å². The van der Waals surface area contributed by atoms with E-state index in [-0.39, 0.29) is 5.91 Å². The van der Waals surface area contributed by atoms with Crippen LogP contribution in [0, 0.1) is 6.92 Å². The van der Waals surface area contributed by atoms with E-state index in [0.717, 1.165) is 25.1 Å². The van der Waals surface area contributed by atoms with Gasteiger partial charge in [-0.25, -0.2) is 0 Å². The van der Waals surface area contributed by atoms with Crippen molar-refractivity contribution in [1.82, 2.24) is 10.3 Å². The molecular weight excluding hydrogens is 274 g/mol. The number of nitrogens with one attached hydrogen (secondary N) is 2. The first-order valence-electron chi connectivity index (χ1n) is 7.72. The highest BCUT2D eigenvalue weighted by molar-refractivity contribution is 5.93. The first-order chi connectivity index (χ1) is 10.7. The third-order valence-electron chi connectivity index (χ3n) is 3.43. The lowest BCUT2D eigenvalue weighted by Gasteiger charge is -2.09. The molecule has 4 nitrogen and oxygen atoms in total. The number of nitrogens with zero attached hydrogens (tertiary/aromatic N) is 1. The summed E-state index contributed by atoms with van der Waals surface area (Å²) in [6.07, 6.45) is 3.70. The lowest BCUT2D eigenvalue weighted by atomic mass is 10.1. The van der Waals surface area contributed by atoms with E-state index in [1.165, 1.54) is 11.1 Å². The summed E-state index contributed by atoms with van der Waals surface area (Å²) in [6.45, 7) is 5.59. The highest BCUT2D eigenvalue weighted by atomic mass is 16.1. The van der Waals surface area contributed by atoms with E-state index in [9.17, 15) is 4.79 Å². The molecule has 2 N–H and O–H groups in total. The molecule has 0 unspecified atom stereocenters. The predicted molar refractivity (Wildman–Crippen MR) is 90.0 cm³/mol. The lowest BCUT2D eigenvalue weighted by Crippen LogP contribution is -2.25. The fourth-order valence-electron chi connectivity index (χ4n) is 2.04. The van der Waals surface area contributed by atoms with Crippen LogP contribution < -0.4 is 10.6 Å². The summed E-state index contributed by atoms with van der Waals surface area (Å²) in [7, 11) is 0. The molecule has 2 rings (SSSR count). The Hall–Kier alpha value is -2.36. The van der Waals surface area contributed by atoms with Gasteiger partial charge < -0.3 is 10.6 Å². The molecule has 0 bridgehead atoms. The van der Waals surface area contributed by atoms with Gasteiger partial charge in [-0.15, -0.1) is 0 Å². The van der Waals surface area contributed by atoms with Crippen LogP contribution in [0.4, 0.5) is 5.69 Å². The molecule has 1 heterocycles. The number of amides is 1. The van der Waals surface area contributed by atoms with Crippen molar-refractivity contribution in [3.63, 3.8) is 0 Å². The molecule has 0 spiro atoms. The molecular formula is C18H23N3O. The first kappa shape index (κ1) is 16.0. The van der Waals surface area contributed by atoms with Crippen molar-refractivity contribution in [2.75, 3.05) is 11.9 Å². The molecule has 22 heavy (non-hydrogen) atoms. The number of aryl methyl sites for hydroxylation is 1. The second-order valence-corrected chi connectivity index (χ2v) is 5.38. The Kier molecular flexibility index (Phi) is 5.95. The molecule has 0 aliphatic heterocycles. The van der Waals surface area contributed by atoms with Gasteiger partial charge in [0.25, 0.3) is 5.91 Å². The second kappa shape index (κ2) is 8.17. The van der Waals surface area contributed by atoms with Crippen LogP contribution in [-0.4, -0.2) is 17.4 Å². The molecule has 0 saturated heterocycles. The third-order valence-corrected chi connectivity index (χ3v) is 3.43. The number of rotatable bonds is 7. The zero-order chi connectivity index (χ0) is 15.8. The number of hydrogen-bond acceptors (Lipinski definition) is 3. The van der Waals surface area contributed by atoms with Gasteiger partial charge in [0.05, 0.1) is 0 Å². The smallest absolute Gasteiger partial charge is 0.269 e. The molecule has 0 saturated carbocycles. The Morgan fingerprint density at radius 2 is 1.95 bits per heavy atom. The Balaban J connectivity index is 1.93. The highest BCUT2D eigenvalue weighted by Gasteiger charge is 2.07. The summed E-state index contributed by atoms with van der Waals surface area (Å²) >= 11 is 0. The van der Waals surface area contributed by atoms with Crippen molar-refractivity contribution in [2.45, 2.75) is 33.2 Å². The van der Waals surface area contributed by atoms with Crippen molar-refractivity contribution in [1.29, 1.82) is 0 Å². The maximum atomic E-state index is 12.0. The van der Waals surface area contributed by atoms with Crippen LogP contribution in [-0.2, 0) is 6.54 Å². The average Bonchev–Trinajstić information content (AvgIpc) is 2.55. The highest BCUT2D eigenvalue weighted by Crippen LogP contribution is 2.11. The molecule has 0 aliphatic carbocycles. The van der Waals surface area contributed by atoms with E-state index in [2.05, 4.69) is 53.7 Å². The standard InChI is InChI=1S/C18H23N3O/c1-3-4-10-20-18(22)17-12-16(9-11-19-17)21-13-15-7-5-14(2)6-8-15/h5-9,11-12H,3-4,10,13H2,1-2H3,(H,19,21)(H,20,22). The topological polar surface area (TPSA) is 54.0 Å². The van der Waals surface area contributed by atoms with Gasteiger partial charge in [-0.3, -0.25) is 9.78 Å². The number of hydrogen-bond donors (Lipinski definition) is 2. The summed E-state index contributed by atoms with van der Waals surface area (Å²) in [5.41, 5.74) is 3.80. The number of benzene rings is 1. The molecule has 1 amide bonds. The Morgan fingerprint density at radius 3 is 2.68 bits per heavy atom. The minimum Gasteiger partial charge on any atom is -0.381 e. The summed E-state index contributed by atoms with van der Waals surface area (Å²) < 4.78 is 0. The van der Waals surface area contributed by atoms with Crippen molar-refractivity contribution < 1.29 is 4.79 Å². The van der Waals surface area contributed by atoms with Crippen LogP contribution in [0.15, 0.2) is 42.6 Å². The monoisotopic (exact) mass is 297 g/mol. The fraction of sp³-hybridized carbons (Fsp3) is 0.333. The van der Waals surface area contributed by atoms with Crippen LogP contribution in [0.2, 0.25) is 0 Å². The molecule has 0 aliphatic rings. The number of anilines is 1. The summed E-state index contributed by atoms with van der Waals surface area (Å²) in [4.78, 5) is 16.1. The summed E-state index contributed by atoms with van der Waals surface area (Å²) in [5.74, 6) is -0.118. The predicted octanol–water partition coefficient (Wildman–Crippen LogP) is 3.53. The van der Waals surface area contributed by atoms with E-state index in [1.54, 1.807) is 12.3 Å². The summed E-state index contributed by atoms with van der Waals surface area (Å²) in [6, 6.07) is 12.0. The summed E-state index contributed by atoms with van der Waals surface area (Å²) in [5, 5.41) is 6.20. The third kappa shape index (κ3) is 4.88. The van der Waals surface area contributed by atoms with E-state index in [4.69, 9.17) is 0 Å². The molecule has 2 aromatic rings. The lowest BCUT2D eigenvalue weighted by molar-refractivity contribution is 0.0948. The maximum absolute atomic E-state index is 12.0. The van der Waals surface area contributed by atoms with Gasteiger partial charge in [0.15, 0.2) is 0 Å². The van der Waals surface area contributed by atoms with Crippen molar-refractivity contribution in [2.24, 2.45) is 0 Å². The number of aromatic nitrogens is 1. The van der Waals surface area contributed by atoms with Crippen LogP contribution >= 0.6 is 0 Å². The number of unbranched alkanes of at least 4 members (excludes halogenated alkanes) is 1. The quantitative estimate of drug-likeness (QED) is 0.769. The van der Waals surface area contributed by atoms with E-state index >= 15 is 0 Å². The van der Waals surface area contributed by atoms with E-state index in [0.29, 0.717) is 12.2 Å². The van der Waals surface area contributed by atoms with Crippen molar-refractivity contribution >= 4 is 11.6 Å². The first-order valence-corrected chi connectivity index (χ1v) is 7.72. The van der Waals surface area contributed by atoms with Gasteiger partial charge in [-0.2, -0.15) is 0 Å². The minimum atomic E-state index is -0.118. The zero-order valence-corrected chi connectivity index (χ0v) is 13.2. The SMILES string of the molecule is CCCCNC(=O)c1cc(NCc2ccc(C)cc2)ccn1. The molecule has 116 valence electrons. The molecule has 1 aromatic heterocycles. The Bertz CT molecular complexity index is 608. The van der Waals surface area contributed by atoms with E-state index in [1.807, 2.05) is 6.07 Å². The van der Waals surface area contributed by atoms with Gasteiger partial charge in [0.2, 0.25) is 0 Å². The number of carbonyl (C=O) groups is 1. The van der Waals surface area contributed by atoms with Gasteiger partial charge >= 0.3 is 0 Å². The molecule has 1 aromatic carbocycles. The van der Waals surface area contributed by atoms with Crippen LogP contribution in [0.1, 0.15) is 41.4 Å². The normalized spacial score (nSPS) is 10.3. The minimum absolute atomic E-state index is 0.118. The largest absolute Gasteiger partial charge is 0.381 e. The van der Waals surface area contributed by atoms with Gasteiger partial charge in [0, 0.05) is 25.0 Å². The second-order valence-electron chi connectivity index (χ2n) is 5.38. The van der Waals surface area contributed by atoms with Gasteiger partial charge in [-0.05, 0) is 31.0 Å². The molecule has 0 fully saturated rings. The number of pyridine rings is 1. The molecule has 0 radical (unpaired) electrons. The Morgan fingerprint density at radius 1 is 1.18 bits per heavy atom. The van der Waals surface area contributed by atoms with Crippen molar-refractivity contribution in [3.05, 3.63) is 59.4 Å². The van der Waals surface area contributed by atoms with Gasteiger partial charge in [0.1, 0.15) is 5.69 Å². The van der Waals surface area contributed by atoms with E-state index < -0.39 is 0 Å². The zero-order valence-electron chi connectivity index (χ0n) is 13.2. The Labute approximate surface area is 132 Å².